The van der Waals surface area contributed by atoms with Crippen molar-refractivity contribution in [3.63, 3.8) is 0 Å². The summed E-state index contributed by atoms with van der Waals surface area (Å²) >= 11 is 0. The molecule has 0 aromatic heterocycles. The van der Waals surface area contributed by atoms with Crippen LogP contribution >= 0.6 is 0 Å². The van der Waals surface area contributed by atoms with Crippen molar-refractivity contribution in [2.45, 2.75) is 6.92 Å². The van der Waals surface area contributed by atoms with Crippen molar-refractivity contribution in [3.05, 3.63) is 12.8 Å². The molecule has 0 saturated carbocycles. The standard InChI is InChI=1S/C7H13N2/c1-3-8-5-6-9(4-2)7-8/h3,7H,1,4-6H2,2H3/q+1. The summed E-state index contributed by atoms with van der Waals surface area (Å²) < 4.78 is 2.27. The Kier molecular flexibility index (Phi) is 1.88. The van der Waals surface area contributed by atoms with Crippen LogP contribution in [0.3, 0.4) is 0 Å². The monoisotopic (exact) mass is 125 g/mol. The number of hydrogen-bond acceptors (Lipinski definition) is 1. The van der Waals surface area contributed by atoms with Crippen molar-refractivity contribution >= 4 is 6.34 Å². The lowest BCUT2D eigenvalue weighted by Gasteiger charge is -1.92. The van der Waals surface area contributed by atoms with Gasteiger partial charge in [0.1, 0.15) is 13.1 Å². The second kappa shape index (κ2) is 2.67. The SMILES string of the molecule is C=CN1C=[N+](CC)CC1. The molecule has 0 aromatic carbocycles. The van der Waals surface area contributed by atoms with Gasteiger partial charge in [-0.2, -0.15) is 0 Å². The van der Waals surface area contributed by atoms with Gasteiger partial charge in [-0.3, -0.25) is 4.58 Å². The Morgan fingerprint density at radius 2 is 2.67 bits per heavy atom. The molecule has 0 unspecified atom stereocenters. The van der Waals surface area contributed by atoms with Crippen LogP contribution in [0, 0.1) is 0 Å². The molecule has 2 nitrogen and oxygen atoms in total. The zero-order valence-corrected chi connectivity index (χ0v) is 5.88. The van der Waals surface area contributed by atoms with E-state index in [2.05, 4.69) is 29.3 Å². The molecule has 0 aliphatic carbocycles. The Bertz CT molecular complexity index is 138. The zero-order chi connectivity index (χ0) is 6.69. The van der Waals surface area contributed by atoms with Gasteiger partial charge in [0.05, 0.1) is 12.7 Å². The van der Waals surface area contributed by atoms with Crippen LogP contribution in [-0.2, 0) is 0 Å². The third kappa shape index (κ3) is 1.31. The first kappa shape index (κ1) is 6.33. The highest BCUT2D eigenvalue weighted by atomic mass is 15.2. The molecule has 0 saturated heterocycles. The molecule has 0 fully saturated rings. The summed E-state index contributed by atoms with van der Waals surface area (Å²) in [5.74, 6) is 0. The fraction of sp³-hybridized carbons (Fsp3) is 0.571. The van der Waals surface area contributed by atoms with Crippen LogP contribution in [0.5, 0.6) is 0 Å². The summed E-state index contributed by atoms with van der Waals surface area (Å²) in [7, 11) is 0. The van der Waals surface area contributed by atoms with Crippen LogP contribution in [0.2, 0.25) is 0 Å². The minimum absolute atomic E-state index is 1.09. The highest BCUT2D eigenvalue weighted by Crippen LogP contribution is 1.92. The van der Waals surface area contributed by atoms with E-state index in [1.165, 1.54) is 0 Å². The number of likely N-dealkylation sites (N-methyl/N-ethyl adjacent to an activating group) is 1. The van der Waals surface area contributed by atoms with Crippen molar-refractivity contribution in [1.82, 2.24) is 4.90 Å². The lowest BCUT2D eigenvalue weighted by molar-refractivity contribution is -0.509. The first-order chi connectivity index (χ1) is 4.36. The van der Waals surface area contributed by atoms with Gasteiger partial charge in [-0.05, 0) is 6.92 Å². The molecule has 0 N–H and O–H groups in total. The summed E-state index contributed by atoms with van der Waals surface area (Å²) in [6.07, 6.45) is 3.96. The maximum absolute atomic E-state index is 3.68. The second-order valence-corrected chi connectivity index (χ2v) is 2.16. The Morgan fingerprint density at radius 3 is 3.00 bits per heavy atom. The molecule has 0 spiro atoms. The summed E-state index contributed by atoms with van der Waals surface area (Å²) in [6.45, 7) is 9.17. The van der Waals surface area contributed by atoms with Gasteiger partial charge in [-0.15, -0.1) is 0 Å². The van der Waals surface area contributed by atoms with Crippen molar-refractivity contribution in [2.75, 3.05) is 19.6 Å². The van der Waals surface area contributed by atoms with Crippen molar-refractivity contribution in [3.8, 4) is 0 Å². The molecule has 0 amide bonds. The van der Waals surface area contributed by atoms with E-state index in [-0.39, 0.29) is 0 Å². The molecule has 0 bridgehead atoms. The third-order valence-corrected chi connectivity index (χ3v) is 1.60. The highest BCUT2D eigenvalue weighted by molar-refractivity contribution is 5.51. The molecule has 9 heavy (non-hydrogen) atoms. The molecule has 1 heterocycles. The number of rotatable bonds is 2. The van der Waals surface area contributed by atoms with E-state index in [9.17, 15) is 0 Å². The fourth-order valence-corrected chi connectivity index (χ4v) is 0.947. The third-order valence-electron chi connectivity index (χ3n) is 1.60. The Hall–Kier alpha value is -0.790. The highest BCUT2D eigenvalue weighted by Gasteiger charge is 2.13. The molecule has 0 aromatic rings. The van der Waals surface area contributed by atoms with Crippen molar-refractivity contribution in [2.24, 2.45) is 0 Å². The first-order valence-corrected chi connectivity index (χ1v) is 3.34. The molecular formula is C7H13N2+. The first-order valence-electron chi connectivity index (χ1n) is 3.34. The number of nitrogens with zero attached hydrogens (tertiary/aromatic N) is 2. The topological polar surface area (TPSA) is 6.25 Å². The smallest absolute Gasteiger partial charge is 0.239 e. The van der Waals surface area contributed by atoms with E-state index in [0.717, 1.165) is 19.6 Å². The van der Waals surface area contributed by atoms with Gasteiger partial charge in [0.15, 0.2) is 0 Å². The van der Waals surface area contributed by atoms with Gasteiger partial charge in [-0.1, -0.05) is 6.58 Å². The van der Waals surface area contributed by atoms with E-state index < -0.39 is 0 Å². The molecule has 2 heteroatoms. The molecule has 1 rings (SSSR count). The molecule has 1 aliphatic heterocycles. The minimum Gasteiger partial charge on any atom is -0.264 e. The predicted molar refractivity (Wildman–Crippen MR) is 38.6 cm³/mol. The van der Waals surface area contributed by atoms with Gasteiger partial charge < -0.3 is 0 Å². The summed E-state index contributed by atoms with van der Waals surface area (Å²) in [4.78, 5) is 2.10. The summed E-state index contributed by atoms with van der Waals surface area (Å²) in [5.41, 5.74) is 0. The summed E-state index contributed by atoms with van der Waals surface area (Å²) in [6, 6.07) is 0. The van der Waals surface area contributed by atoms with E-state index in [1.54, 1.807) is 0 Å². The maximum atomic E-state index is 3.68. The summed E-state index contributed by atoms with van der Waals surface area (Å²) in [5, 5.41) is 0. The minimum atomic E-state index is 1.09. The zero-order valence-electron chi connectivity index (χ0n) is 5.88. The van der Waals surface area contributed by atoms with E-state index >= 15 is 0 Å². The lowest BCUT2D eigenvalue weighted by atomic mass is 10.6. The largest absolute Gasteiger partial charge is 0.264 e. The van der Waals surface area contributed by atoms with E-state index in [4.69, 9.17) is 0 Å². The predicted octanol–water partition coefficient (Wildman–Crippen LogP) is 0.506. The van der Waals surface area contributed by atoms with Crippen LogP contribution in [-0.4, -0.2) is 35.4 Å². The Labute approximate surface area is 56.1 Å². The fourth-order valence-electron chi connectivity index (χ4n) is 0.947. The quantitative estimate of drug-likeness (QED) is 0.487. The Balaban J connectivity index is 2.49. The average molecular weight is 125 g/mol. The average Bonchev–Trinajstić information content (AvgIpc) is 2.34. The molecular weight excluding hydrogens is 112 g/mol. The van der Waals surface area contributed by atoms with Gasteiger partial charge in [0, 0.05) is 0 Å². The van der Waals surface area contributed by atoms with Gasteiger partial charge in [-0.25, -0.2) is 4.90 Å². The Morgan fingerprint density at radius 1 is 1.89 bits per heavy atom. The van der Waals surface area contributed by atoms with E-state index in [1.807, 2.05) is 6.20 Å². The maximum Gasteiger partial charge on any atom is 0.239 e. The van der Waals surface area contributed by atoms with Gasteiger partial charge in [0.2, 0.25) is 6.34 Å². The second-order valence-electron chi connectivity index (χ2n) is 2.16. The lowest BCUT2D eigenvalue weighted by Crippen LogP contribution is -2.09. The molecule has 50 valence electrons. The van der Waals surface area contributed by atoms with Crippen LogP contribution in [0.25, 0.3) is 0 Å². The van der Waals surface area contributed by atoms with Crippen molar-refractivity contribution in [1.29, 1.82) is 0 Å². The van der Waals surface area contributed by atoms with Gasteiger partial charge >= 0.3 is 0 Å². The molecule has 0 atom stereocenters. The van der Waals surface area contributed by atoms with Crippen LogP contribution in [0.1, 0.15) is 6.92 Å². The van der Waals surface area contributed by atoms with Crippen LogP contribution in [0.4, 0.5) is 0 Å². The number of hydrogen-bond donors (Lipinski definition) is 0. The normalized spacial score (nSPS) is 17.9. The van der Waals surface area contributed by atoms with Crippen LogP contribution < -0.4 is 0 Å². The van der Waals surface area contributed by atoms with Crippen LogP contribution in [0.15, 0.2) is 12.8 Å². The van der Waals surface area contributed by atoms with E-state index in [0.29, 0.717) is 0 Å². The van der Waals surface area contributed by atoms with Crippen molar-refractivity contribution < 1.29 is 4.58 Å². The molecule has 0 radical (unpaired) electrons. The van der Waals surface area contributed by atoms with Gasteiger partial charge in [0.25, 0.3) is 0 Å². The molecule has 1 aliphatic rings.